The van der Waals surface area contributed by atoms with Crippen molar-refractivity contribution in [3.63, 3.8) is 0 Å². The maximum absolute atomic E-state index is 12.2. The number of ether oxygens (including phenoxy) is 1. The smallest absolute Gasteiger partial charge is 0.261 e. The first-order valence-electron chi connectivity index (χ1n) is 8.35. The summed E-state index contributed by atoms with van der Waals surface area (Å²) >= 11 is 3.37. The normalized spacial score (nSPS) is 11.8. The Bertz CT molecular complexity index is 831. The second-order valence-corrected chi connectivity index (χ2v) is 6.87. The van der Waals surface area contributed by atoms with Crippen molar-refractivity contribution >= 4 is 21.8 Å². The lowest BCUT2D eigenvalue weighted by Crippen LogP contribution is -2.35. The van der Waals surface area contributed by atoms with Crippen molar-refractivity contribution in [2.75, 3.05) is 0 Å². The molecule has 0 fully saturated rings. The highest BCUT2D eigenvalue weighted by molar-refractivity contribution is 9.10. The number of hydrogen-bond acceptors (Lipinski definition) is 3. The lowest BCUT2D eigenvalue weighted by Gasteiger charge is -2.15. The lowest BCUT2D eigenvalue weighted by molar-refractivity contribution is -0.127. The average Bonchev–Trinajstić information content (AvgIpc) is 3.16. The zero-order valence-electron chi connectivity index (χ0n) is 14.4. The molecule has 2 aromatic carbocycles. The molecule has 6 heteroatoms. The third-order valence-electron chi connectivity index (χ3n) is 3.89. The number of benzene rings is 2. The Hall–Kier alpha value is -2.60. The average molecular weight is 414 g/mol. The topological polar surface area (TPSA) is 56.1 Å². The first-order valence-corrected chi connectivity index (χ1v) is 9.14. The highest BCUT2D eigenvalue weighted by Crippen LogP contribution is 2.17. The van der Waals surface area contributed by atoms with Crippen LogP contribution in [0, 0.1) is 0 Å². The Morgan fingerprint density at radius 2 is 1.85 bits per heavy atom. The standard InChI is InChI=1S/C20H20BrN3O2/c1-15(26-19-9-7-18(21)8-10-19)20(25)22-13-16-3-5-17(6-4-16)14-24-12-2-11-23-24/h2-12,15H,13-14H2,1H3,(H,22,25). The third-order valence-corrected chi connectivity index (χ3v) is 4.42. The van der Waals surface area contributed by atoms with Crippen molar-refractivity contribution in [3.05, 3.63) is 82.6 Å². The van der Waals surface area contributed by atoms with Gasteiger partial charge in [0.15, 0.2) is 6.10 Å². The number of carbonyl (C=O) groups excluding carboxylic acids is 1. The first-order chi connectivity index (χ1) is 12.6. The van der Waals surface area contributed by atoms with Crippen LogP contribution in [0.15, 0.2) is 71.5 Å². The molecule has 1 atom stereocenters. The maximum Gasteiger partial charge on any atom is 0.261 e. The Kier molecular flexibility index (Phi) is 6.07. The van der Waals surface area contributed by atoms with Crippen molar-refractivity contribution in [3.8, 4) is 5.75 Å². The minimum Gasteiger partial charge on any atom is -0.481 e. The number of nitrogens with one attached hydrogen (secondary N) is 1. The summed E-state index contributed by atoms with van der Waals surface area (Å²) in [6.07, 6.45) is 3.14. The molecule has 3 aromatic rings. The van der Waals surface area contributed by atoms with Crippen molar-refractivity contribution < 1.29 is 9.53 Å². The number of nitrogens with zero attached hydrogens (tertiary/aromatic N) is 2. The summed E-state index contributed by atoms with van der Waals surface area (Å²) in [7, 11) is 0. The molecule has 0 saturated heterocycles. The summed E-state index contributed by atoms with van der Waals surface area (Å²) in [5.74, 6) is 0.521. The molecule has 0 aliphatic carbocycles. The van der Waals surface area contributed by atoms with Gasteiger partial charge in [-0.05, 0) is 48.4 Å². The van der Waals surface area contributed by atoms with Crippen LogP contribution in [0.25, 0.3) is 0 Å². The zero-order chi connectivity index (χ0) is 18.4. The summed E-state index contributed by atoms with van der Waals surface area (Å²) in [5, 5.41) is 7.10. The molecule has 3 rings (SSSR count). The largest absolute Gasteiger partial charge is 0.481 e. The van der Waals surface area contributed by atoms with Crippen LogP contribution in [0.1, 0.15) is 18.1 Å². The van der Waals surface area contributed by atoms with Crippen LogP contribution in [0.3, 0.4) is 0 Å². The van der Waals surface area contributed by atoms with Gasteiger partial charge in [-0.3, -0.25) is 9.48 Å². The van der Waals surface area contributed by atoms with Crippen LogP contribution in [-0.2, 0) is 17.9 Å². The van der Waals surface area contributed by atoms with E-state index < -0.39 is 6.10 Å². The molecule has 5 nitrogen and oxygen atoms in total. The second-order valence-electron chi connectivity index (χ2n) is 5.95. The molecule has 0 bridgehead atoms. The summed E-state index contributed by atoms with van der Waals surface area (Å²) in [6.45, 7) is 2.94. The Balaban J connectivity index is 1.48. The van der Waals surface area contributed by atoms with Gasteiger partial charge in [0.1, 0.15) is 5.75 Å². The highest BCUT2D eigenvalue weighted by Gasteiger charge is 2.14. The van der Waals surface area contributed by atoms with Crippen molar-refractivity contribution in [2.45, 2.75) is 26.1 Å². The number of aromatic nitrogens is 2. The molecule has 0 saturated carbocycles. The van der Waals surface area contributed by atoms with Crippen molar-refractivity contribution in [1.29, 1.82) is 0 Å². The molecule has 1 unspecified atom stereocenters. The fourth-order valence-electron chi connectivity index (χ4n) is 2.45. The monoisotopic (exact) mass is 413 g/mol. The zero-order valence-corrected chi connectivity index (χ0v) is 16.0. The minimum atomic E-state index is -0.560. The van der Waals surface area contributed by atoms with Gasteiger partial charge in [-0.15, -0.1) is 0 Å². The molecule has 26 heavy (non-hydrogen) atoms. The van der Waals surface area contributed by atoms with Crippen molar-refractivity contribution in [2.24, 2.45) is 0 Å². The summed E-state index contributed by atoms with van der Waals surface area (Å²) in [5.41, 5.74) is 2.20. The van der Waals surface area contributed by atoms with Gasteiger partial charge in [-0.2, -0.15) is 5.10 Å². The molecule has 134 valence electrons. The molecule has 0 aliphatic rings. The summed E-state index contributed by atoms with van der Waals surface area (Å²) in [6, 6.07) is 17.4. The van der Waals surface area contributed by atoms with Crippen LogP contribution in [0.2, 0.25) is 0 Å². The van der Waals surface area contributed by atoms with Gasteiger partial charge in [0, 0.05) is 23.4 Å². The van der Waals surface area contributed by atoms with Gasteiger partial charge in [0.25, 0.3) is 5.91 Å². The van der Waals surface area contributed by atoms with Gasteiger partial charge >= 0.3 is 0 Å². The molecule has 0 aliphatic heterocycles. The maximum atomic E-state index is 12.2. The van der Waals surface area contributed by atoms with Gasteiger partial charge < -0.3 is 10.1 Å². The minimum absolute atomic E-state index is 0.145. The molecular weight excluding hydrogens is 394 g/mol. The predicted octanol–water partition coefficient (Wildman–Crippen LogP) is 3.78. The molecule has 1 amide bonds. The number of halogens is 1. The molecule has 1 aromatic heterocycles. The van der Waals surface area contributed by atoms with Gasteiger partial charge in [0.05, 0.1) is 6.54 Å². The molecule has 0 spiro atoms. The second kappa shape index (κ2) is 8.67. The lowest BCUT2D eigenvalue weighted by atomic mass is 10.1. The van der Waals surface area contributed by atoms with Crippen LogP contribution >= 0.6 is 15.9 Å². The van der Waals surface area contributed by atoms with Gasteiger partial charge in [0.2, 0.25) is 0 Å². The number of hydrogen-bond donors (Lipinski definition) is 1. The number of carbonyl (C=O) groups is 1. The van der Waals surface area contributed by atoms with E-state index in [1.807, 2.05) is 65.5 Å². The van der Waals surface area contributed by atoms with Crippen LogP contribution < -0.4 is 10.1 Å². The van der Waals surface area contributed by atoms with Crippen LogP contribution in [0.4, 0.5) is 0 Å². The van der Waals surface area contributed by atoms with E-state index in [4.69, 9.17) is 4.74 Å². The van der Waals surface area contributed by atoms with Gasteiger partial charge in [-0.25, -0.2) is 0 Å². The highest BCUT2D eigenvalue weighted by atomic mass is 79.9. The van der Waals surface area contributed by atoms with Crippen LogP contribution in [0.5, 0.6) is 5.75 Å². The fourth-order valence-corrected chi connectivity index (χ4v) is 2.71. The van der Waals surface area contributed by atoms with E-state index in [2.05, 4.69) is 26.3 Å². The van der Waals surface area contributed by atoms with E-state index >= 15 is 0 Å². The summed E-state index contributed by atoms with van der Waals surface area (Å²) in [4.78, 5) is 12.2. The Labute approximate surface area is 161 Å². The van der Waals surface area contributed by atoms with E-state index in [1.165, 1.54) is 0 Å². The Morgan fingerprint density at radius 1 is 1.15 bits per heavy atom. The Morgan fingerprint density at radius 3 is 2.50 bits per heavy atom. The van der Waals surface area contributed by atoms with E-state index in [0.29, 0.717) is 12.3 Å². The predicted molar refractivity (Wildman–Crippen MR) is 104 cm³/mol. The molecule has 1 N–H and O–H groups in total. The van der Waals surface area contributed by atoms with E-state index in [1.54, 1.807) is 13.1 Å². The number of amides is 1. The molecule has 0 radical (unpaired) electrons. The van der Waals surface area contributed by atoms with E-state index in [9.17, 15) is 4.79 Å². The number of rotatable bonds is 7. The SMILES string of the molecule is CC(Oc1ccc(Br)cc1)C(=O)NCc1ccc(Cn2cccn2)cc1. The van der Waals surface area contributed by atoms with E-state index in [-0.39, 0.29) is 5.91 Å². The summed E-state index contributed by atoms with van der Waals surface area (Å²) < 4.78 is 8.50. The van der Waals surface area contributed by atoms with Crippen molar-refractivity contribution in [1.82, 2.24) is 15.1 Å². The van der Waals surface area contributed by atoms with Crippen LogP contribution in [-0.4, -0.2) is 21.8 Å². The van der Waals surface area contributed by atoms with Gasteiger partial charge in [-0.1, -0.05) is 40.2 Å². The fraction of sp³-hybridized carbons (Fsp3) is 0.200. The third kappa shape index (κ3) is 5.20. The van der Waals surface area contributed by atoms with E-state index in [0.717, 1.165) is 22.1 Å². The quantitative estimate of drug-likeness (QED) is 0.640. The molecule has 1 heterocycles. The molecular formula is C20H20BrN3O2. The first kappa shape index (κ1) is 18.2.